The van der Waals surface area contributed by atoms with E-state index in [1.807, 2.05) is 12.1 Å². The molecule has 1 aromatic carbocycles. The summed E-state index contributed by atoms with van der Waals surface area (Å²) in [4.78, 5) is 2.44. The van der Waals surface area contributed by atoms with Gasteiger partial charge in [-0.15, -0.1) is 0 Å². The monoisotopic (exact) mass is 251 g/mol. The van der Waals surface area contributed by atoms with E-state index in [1.165, 1.54) is 11.1 Å². The molecular formula is C15H22ClN. The minimum Gasteiger partial charge on any atom is -0.297 e. The first-order chi connectivity index (χ1) is 8.13. The molecule has 2 heteroatoms. The molecule has 0 spiro atoms. The van der Waals surface area contributed by atoms with E-state index in [4.69, 9.17) is 11.6 Å². The first-order valence-corrected chi connectivity index (χ1v) is 6.70. The lowest BCUT2D eigenvalue weighted by molar-refractivity contribution is 0.256. The number of benzene rings is 1. The molecular weight excluding hydrogens is 230 g/mol. The van der Waals surface area contributed by atoms with Crippen LogP contribution in [0.1, 0.15) is 32.8 Å². The molecule has 0 radical (unpaired) electrons. The minimum absolute atomic E-state index is 0.422. The third-order valence-corrected chi connectivity index (χ3v) is 3.51. The second-order valence-electron chi connectivity index (χ2n) is 4.18. The summed E-state index contributed by atoms with van der Waals surface area (Å²) in [5.41, 5.74) is 2.38. The SMILES string of the molecule is C=C(c1ccc(Cl)cc1)C(CC)N(CC)CC. The summed E-state index contributed by atoms with van der Waals surface area (Å²) in [6.07, 6.45) is 1.09. The molecule has 1 nitrogen and oxygen atoms in total. The second-order valence-corrected chi connectivity index (χ2v) is 4.61. The highest BCUT2D eigenvalue weighted by Crippen LogP contribution is 2.24. The molecule has 0 fully saturated rings. The van der Waals surface area contributed by atoms with Gasteiger partial charge < -0.3 is 0 Å². The van der Waals surface area contributed by atoms with Gasteiger partial charge in [0.25, 0.3) is 0 Å². The van der Waals surface area contributed by atoms with Gasteiger partial charge in [-0.3, -0.25) is 4.90 Å². The molecule has 0 N–H and O–H groups in total. The first kappa shape index (κ1) is 14.3. The summed E-state index contributed by atoms with van der Waals surface area (Å²) in [6.45, 7) is 13.0. The van der Waals surface area contributed by atoms with Crippen LogP contribution in [0.4, 0.5) is 0 Å². The van der Waals surface area contributed by atoms with E-state index in [9.17, 15) is 0 Å². The number of likely N-dealkylation sites (N-methyl/N-ethyl adjacent to an activating group) is 1. The molecule has 0 saturated carbocycles. The van der Waals surface area contributed by atoms with E-state index < -0.39 is 0 Å². The molecule has 1 aromatic rings. The highest BCUT2D eigenvalue weighted by atomic mass is 35.5. The summed E-state index contributed by atoms with van der Waals surface area (Å²) < 4.78 is 0. The zero-order valence-corrected chi connectivity index (χ0v) is 11.8. The Bertz CT molecular complexity index is 352. The van der Waals surface area contributed by atoms with Crippen molar-refractivity contribution in [3.05, 3.63) is 41.4 Å². The standard InChI is InChI=1S/C15H22ClN/c1-5-15(17(6-2)7-3)12(4)13-8-10-14(16)11-9-13/h8-11,15H,4-7H2,1-3H3. The lowest BCUT2D eigenvalue weighted by Gasteiger charge is -2.30. The predicted octanol–water partition coefficient (Wildman–Crippen LogP) is 4.47. The maximum atomic E-state index is 5.91. The Morgan fingerprint density at radius 2 is 1.71 bits per heavy atom. The van der Waals surface area contributed by atoms with Crippen molar-refractivity contribution in [2.75, 3.05) is 13.1 Å². The fourth-order valence-corrected chi connectivity index (χ4v) is 2.37. The van der Waals surface area contributed by atoms with Crippen LogP contribution >= 0.6 is 11.6 Å². The Morgan fingerprint density at radius 1 is 1.18 bits per heavy atom. The highest BCUT2D eigenvalue weighted by Gasteiger charge is 2.17. The average Bonchev–Trinajstić information content (AvgIpc) is 2.36. The smallest absolute Gasteiger partial charge is 0.0406 e. The summed E-state index contributed by atoms with van der Waals surface area (Å²) in [6, 6.07) is 8.38. The molecule has 0 amide bonds. The summed E-state index contributed by atoms with van der Waals surface area (Å²) in [5, 5.41) is 0.775. The topological polar surface area (TPSA) is 3.24 Å². The lowest BCUT2D eigenvalue weighted by Crippen LogP contribution is -2.35. The summed E-state index contributed by atoms with van der Waals surface area (Å²) in [5.74, 6) is 0. The number of hydrogen-bond donors (Lipinski definition) is 0. The van der Waals surface area contributed by atoms with E-state index in [2.05, 4.69) is 44.4 Å². The van der Waals surface area contributed by atoms with E-state index >= 15 is 0 Å². The van der Waals surface area contributed by atoms with Crippen molar-refractivity contribution in [3.63, 3.8) is 0 Å². The van der Waals surface area contributed by atoms with Crippen molar-refractivity contribution >= 4 is 17.2 Å². The Kier molecular flexibility index (Phi) is 5.73. The maximum absolute atomic E-state index is 5.91. The van der Waals surface area contributed by atoms with Crippen molar-refractivity contribution in [1.82, 2.24) is 4.90 Å². The van der Waals surface area contributed by atoms with Crippen molar-refractivity contribution in [1.29, 1.82) is 0 Å². The van der Waals surface area contributed by atoms with Crippen LogP contribution in [0.2, 0.25) is 5.02 Å². The third-order valence-electron chi connectivity index (χ3n) is 3.26. The van der Waals surface area contributed by atoms with Crippen molar-refractivity contribution in [3.8, 4) is 0 Å². The van der Waals surface area contributed by atoms with Crippen molar-refractivity contribution in [2.45, 2.75) is 33.2 Å². The van der Waals surface area contributed by atoms with Crippen LogP contribution in [0, 0.1) is 0 Å². The Balaban J connectivity index is 2.89. The van der Waals surface area contributed by atoms with Crippen LogP contribution in [0.15, 0.2) is 30.8 Å². The van der Waals surface area contributed by atoms with E-state index in [0.29, 0.717) is 6.04 Å². The molecule has 0 aliphatic heterocycles. The lowest BCUT2D eigenvalue weighted by atomic mass is 9.97. The van der Waals surface area contributed by atoms with Gasteiger partial charge in [-0.1, -0.05) is 51.1 Å². The molecule has 0 aromatic heterocycles. The number of rotatable bonds is 6. The average molecular weight is 252 g/mol. The third kappa shape index (κ3) is 3.58. The van der Waals surface area contributed by atoms with E-state index in [1.54, 1.807) is 0 Å². The predicted molar refractivity (Wildman–Crippen MR) is 77.5 cm³/mol. The molecule has 1 atom stereocenters. The van der Waals surface area contributed by atoms with Gasteiger partial charge in [-0.25, -0.2) is 0 Å². The van der Waals surface area contributed by atoms with Gasteiger partial charge in [0.2, 0.25) is 0 Å². The number of nitrogens with zero attached hydrogens (tertiary/aromatic N) is 1. The van der Waals surface area contributed by atoms with Gasteiger partial charge in [0.05, 0.1) is 0 Å². The zero-order chi connectivity index (χ0) is 12.8. The fourth-order valence-electron chi connectivity index (χ4n) is 2.25. The van der Waals surface area contributed by atoms with Crippen LogP contribution in [0.3, 0.4) is 0 Å². The van der Waals surface area contributed by atoms with Crippen LogP contribution in [-0.4, -0.2) is 24.0 Å². The molecule has 17 heavy (non-hydrogen) atoms. The normalized spacial score (nSPS) is 12.8. The fraction of sp³-hybridized carbons (Fsp3) is 0.467. The molecule has 0 aliphatic carbocycles. The van der Waals surface area contributed by atoms with E-state index in [-0.39, 0.29) is 0 Å². The Labute approximate surface area is 110 Å². The zero-order valence-electron chi connectivity index (χ0n) is 11.0. The van der Waals surface area contributed by atoms with Crippen LogP contribution in [-0.2, 0) is 0 Å². The maximum Gasteiger partial charge on any atom is 0.0406 e. The summed E-state index contributed by atoms with van der Waals surface area (Å²) >= 11 is 5.91. The van der Waals surface area contributed by atoms with Crippen molar-refractivity contribution in [2.24, 2.45) is 0 Å². The van der Waals surface area contributed by atoms with Gasteiger partial charge >= 0.3 is 0 Å². The summed E-state index contributed by atoms with van der Waals surface area (Å²) in [7, 11) is 0. The Morgan fingerprint density at radius 3 is 2.12 bits per heavy atom. The van der Waals surface area contributed by atoms with Crippen molar-refractivity contribution < 1.29 is 0 Å². The molecule has 94 valence electrons. The van der Waals surface area contributed by atoms with Gasteiger partial charge in [0.15, 0.2) is 0 Å². The quantitative estimate of drug-likeness (QED) is 0.721. The minimum atomic E-state index is 0.422. The van der Waals surface area contributed by atoms with Crippen LogP contribution in [0.25, 0.3) is 5.57 Å². The number of halogens is 1. The first-order valence-electron chi connectivity index (χ1n) is 6.32. The van der Waals surface area contributed by atoms with Gasteiger partial charge in [-0.2, -0.15) is 0 Å². The molecule has 0 heterocycles. The van der Waals surface area contributed by atoms with Gasteiger partial charge in [0.1, 0.15) is 0 Å². The van der Waals surface area contributed by atoms with Gasteiger partial charge in [-0.05, 0) is 42.8 Å². The number of hydrogen-bond acceptors (Lipinski definition) is 1. The van der Waals surface area contributed by atoms with E-state index in [0.717, 1.165) is 24.5 Å². The largest absolute Gasteiger partial charge is 0.297 e. The molecule has 1 unspecified atom stereocenters. The highest BCUT2D eigenvalue weighted by molar-refractivity contribution is 6.30. The van der Waals surface area contributed by atoms with Crippen LogP contribution in [0.5, 0.6) is 0 Å². The van der Waals surface area contributed by atoms with Gasteiger partial charge in [0, 0.05) is 11.1 Å². The molecule has 0 saturated heterocycles. The Hall–Kier alpha value is -0.790. The molecule has 1 rings (SSSR count). The molecule has 0 aliphatic rings. The molecule has 0 bridgehead atoms. The second kappa shape index (κ2) is 6.83. The van der Waals surface area contributed by atoms with Crippen LogP contribution < -0.4 is 0 Å².